The van der Waals surface area contributed by atoms with Crippen LogP contribution in [0, 0.1) is 0 Å². The van der Waals surface area contributed by atoms with Gasteiger partial charge in [0.1, 0.15) is 11.2 Å². The van der Waals surface area contributed by atoms with E-state index < -0.39 is 0 Å². The number of furan rings is 1. The lowest BCUT2D eigenvalue weighted by molar-refractivity contribution is 0.669. The van der Waals surface area contributed by atoms with Gasteiger partial charge >= 0.3 is 0 Å². The lowest BCUT2D eigenvalue weighted by atomic mass is 9.85. The molecule has 0 bridgehead atoms. The van der Waals surface area contributed by atoms with Crippen LogP contribution in [0.4, 0.5) is 0 Å². The summed E-state index contributed by atoms with van der Waals surface area (Å²) in [7, 11) is 0. The van der Waals surface area contributed by atoms with E-state index >= 15 is 0 Å². The molecule has 276 valence electrons. The predicted molar refractivity (Wildman–Crippen MR) is 245 cm³/mol. The summed E-state index contributed by atoms with van der Waals surface area (Å²) in [4.78, 5) is 10.7. The van der Waals surface area contributed by atoms with E-state index in [9.17, 15) is 0 Å². The Balaban J connectivity index is 1.19. The van der Waals surface area contributed by atoms with E-state index in [4.69, 9.17) is 14.4 Å². The van der Waals surface area contributed by atoms with Crippen LogP contribution in [-0.2, 0) is 0 Å². The molecule has 0 N–H and O–H groups in total. The SMILES string of the molecule is c1ccc(-c2ccc(-c3nc(-c4ccccc4)cc(-c4cc(-c5ccccc5)cc(-c5ccc6oc7ccc8ccccc8c7c6c5)c4-c4ccccc4)n3)cc2)cc1. The Bertz CT molecular complexity index is 3280. The lowest BCUT2D eigenvalue weighted by Gasteiger charge is -2.19. The highest BCUT2D eigenvalue weighted by atomic mass is 16.3. The van der Waals surface area contributed by atoms with E-state index in [1.165, 1.54) is 16.3 Å². The standard InChI is InChI=1S/C56H36N2O/c1-5-15-37(16-6-1)39-25-27-43(28-26-39)56-57-50(41-20-9-3-10-21-41)36-51(58-56)48-35-45(38-17-7-2-8-18-38)34-47(54(48)42-22-11-4-12-23-42)44-30-31-52-49(33-44)55-46-24-14-13-19-40(46)29-32-53(55)59-52/h1-36H. The number of fused-ring (bicyclic) bond motifs is 5. The van der Waals surface area contributed by atoms with Gasteiger partial charge in [-0.05, 0) is 91.7 Å². The van der Waals surface area contributed by atoms with Crippen molar-refractivity contribution < 1.29 is 4.42 Å². The van der Waals surface area contributed by atoms with Crippen LogP contribution in [0.3, 0.4) is 0 Å². The molecule has 0 saturated heterocycles. The maximum atomic E-state index is 6.48. The zero-order valence-corrected chi connectivity index (χ0v) is 32.1. The number of hydrogen-bond acceptors (Lipinski definition) is 3. The van der Waals surface area contributed by atoms with Crippen molar-refractivity contribution >= 4 is 32.7 Å². The van der Waals surface area contributed by atoms with Crippen molar-refractivity contribution in [1.29, 1.82) is 0 Å². The summed E-state index contributed by atoms with van der Waals surface area (Å²) < 4.78 is 6.48. The van der Waals surface area contributed by atoms with E-state index in [0.29, 0.717) is 5.82 Å². The van der Waals surface area contributed by atoms with E-state index in [0.717, 1.165) is 89.0 Å². The Morgan fingerprint density at radius 3 is 1.54 bits per heavy atom. The summed E-state index contributed by atoms with van der Waals surface area (Å²) in [5.41, 5.74) is 15.4. The van der Waals surface area contributed by atoms with Crippen LogP contribution in [0.15, 0.2) is 223 Å². The van der Waals surface area contributed by atoms with Crippen molar-refractivity contribution in [2.45, 2.75) is 0 Å². The first kappa shape index (κ1) is 34.4. The third-order valence-corrected chi connectivity index (χ3v) is 11.3. The van der Waals surface area contributed by atoms with Crippen LogP contribution in [0.2, 0.25) is 0 Å². The zero-order chi connectivity index (χ0) is 39.1. The molecule has 11 aromatic rings. The number of nitrogens with zero attached hydrogens (tertiary/aromatic N) is 2. The van der Waals surface area contributed by atoms with Crippen molar-refractivity contribution in [1.82, 2.24) is 9.97 Å². The van der Waals surface area contributed by atoms with Gasteiger partial charge < -0.3 is 4.42 Å². The molecule has 2 heterocycles. The minimum atomic E-state index is 0.671. The average molecular weight is 753 g/mol. The molecule has 2 aromatic heterocycles. The fourth-order valence-corrected chi connectivity index (χ4v) is 8.41. The third kappa shape index (κ3) is 6.36. The Hall–Kier alpha value is -7.88. The van der Waals surface area contributed by atoms with Gasteiger partial charge in [-0.25, -0.2) is 9.97 Å². The van der Waals surface area contributed by atoms with Gasteiger partial charge in [0.25, 0.3) is 0 Å². The van der Waals surface area contributed by atoms with Crippen molar-refractivity contribution in [2.75, 3.05) is 0 Å². The van der Waals surface area contributed by atoms with Crippen molar-refractivity contribution in [3.05, 3.63) is 218 Å². The van der Waals surface area contributed by atoms with Gasteiger partial charge in [-0.2, -0.15) is 0 Å². The van der Waals surface area contributed by atoms with Gasteiger partial charge in [0.2, 0.25) is 0 Å². The van der Waals surface area contributed by atoms with Gasteiger partial charge in [0, 0.05) is 27.5 Å². The first-order valence-electron chi connectivity index (χ1n) is 20.0. The Morgan fingerprint density at radius 1 is 0.305 bits per heavy atom. The first-order chi connectivity index (χ1) is 29.2. The van der Waals surface area contributed by atoms with Crippen LogP contribution in [0.1, 0.15) is 0 Å². The Labute approximate surface area is 342 Å². The topological polar surface area (TPSA) is 38.9 Å². The highest BCUT2D eigenvalue weighted by molar-refractivity contribution is 6.19. The van der Waals surface area contributed by atoms with Crippen molar-refractivity contribution in [2.24, 2.45) is 0 Å². The highest BCUT2D eigenvalue weighted by Crippen LogP contribution is 2.45. The summed E-state index contributed by atoms with van der Waals surface area (Å²) in [5, 5.41) is 4.60. The van der Waals surface area contributed by atoms with E-state index in [2.05, 4.69) is 206 Å². The third-order valence-electron chi connectivity index (χ3n) is 11.3. The van der Waals surface area contributed by atoms with E-state index in [-0.39, 0.29) is 0 Å². The fraction of sp³-hybridized carbons (Fsp3) is 0. The summed E-state index contributed by atoms with van der Waals surface area (Å²) in [5.74, 6) is 0.671. The van der Waals surface area contributed by atoms with Crippen molar-refractivity contribution in [3.8, 4) is 78.4 Å². The number of hydrogen-bond donors (Lipinski definition) is 0. The Kier molecular flexibility index (Phi) is 8.49. The molecule has 0 aliphatic carbocycles. The second kappa shape index (κ2) is 14.6. The molecule has 0 radical (unpaired) electrons. The summed E-state index contributed by atoms with van der Waals surface area (Å²) in [6.45, 7) is 0. The minimum absolute atomic E-state index is 0.671. The molecule has 0 spiro atoms. The average Bonchev–Trinajstić information content (AvgIpc) is 3.71. The molecule has 0 fully saturated rings. The molecular weight excluding hydrogens is 717 g/mol. The lowest BCUT2D eigenvalue weighted by Crippen LogP contribution is -1.99. The monoisotopic (exact) mass is 752 g/mol. The molecule has 0 atom stereocenters. The molecule has 3 nitrogen and oxygen atoms in total. The molecule has 0 aliphatic heterocycles. The highest BCUT2D eigenvalue weighted by Gasteiger charge is 2.21. The Morgan fingerprint density at radius 2 is 0.831 bits per heavy atom. The van der Waals surface area contributed by atoms with Crippen LogP contribution >= 0.6 is 0 Å². The normalized spacial score (nSPS) is 11.4. The van der Waals surface area contributed by atoms with E-state index in [1.54, 1.807) is 0 Å². The molecule has 0 amide bonds. The minimum Gasteiger partial charge on any atom is -0.456 e. The van der Waals surface area contributed by atoms with Gasteiger partial charge in [-0.3, -0.25) is 0 Å². The maximum Gasteiger partial charge on any atom is 0.160 e. The molecule has 9 aromatic carbocycles. The van der Waals surface area contributed by atoms with Gasteiger partial charge in [0.05, 0.1) is 11.4 Å². The van der Waals surface area contributed by atoms with Gasteiger partial charge in [-0.1, -0.05) is 182 Å². The molecule has 59 heavy (non-hydrogen) atoms. The molecule has 0 saturated carbocycles. The molecule has 0 aliphatic rings. The molecule has 11 rings (SSSR count). The van der Waals surface area contributed by atoms with E-state index in [1.807, 2.05) is 12.1 Å². The van der Waals surface area contributed by atoms with Gasteiger partial charge in [0.15, 0.2) is 5.82 Å². The van der Waals surface area contributed by atoms with Crippen LogP contribution in [-0.4, -0.2) is 9.97 Å². The molecule has 0 unspecified atom stereocenters. The number of aromatic nitrogens is 2. The molecule has 3 heteroatoms. The quantitative estimate of drug-likeness (QED) is 0.163. The van der Waals surface area contributed by atoms with Gasteiger partial charge in [-0.15, -0.1) is 0 Å². The summed E-state index contributed by atoms with van der Waals surface area (Å²) in [6.07, 6.45) is 0. The summed E-state index contributed by atoms with van der Waals surface area (Å²) >= 11 is 0. The first-order valence-corrected chi connectivity index (χ1v) is 20.0. The largest absolute Gasteiger partial charge is 0.456 e. The fourth-order valence-electron chi connectivity index (χ4n) is 8.41. The second-order valence-electron chi connectivity index (χ2n) is 14.9. The predicted octanol–water partition coefficient (Wildman–Crippen LogP) is 15.2. The maximum absolute atomic E-state index is 6.48. The number of benzene rings is 9. The molecular formula is C56H36N2O. The second-order valence-corrected chi connectivity index (χ2v) is 14.9. The van der Waals surface area contributed by atoms with Crippen LogP contribution in [0.5, 0.6) is 0 Å². The zero-order valence-electron chi connectivity index (χ0n) is 32.1. The smallest absolute Gasteiger partial charge is 0.160 e. The number of rotatable bonds is 7. The summed E-state index contributed by atoms with van der Waals surface area (Å²) in [6, 6.07) is 77.0. The van der Waals surface area contributed by atoms with Crippen LogP contribution < -0.4 is 0 Å². The van der Waals surface area contributed by atoms with Crippen LogP contribution in [0.25, 0.3) is 111 Å². The van der Waals surface area contributed by atoms with Crippen molar-refractivity contribution in [3.63, 3.8) is 0 Å².